The molecular formula is C29H47N7O10. The fourth-order valence-electron chi connectivity index (χ4n) is 3.14. The highest BCUT2D eigenvalue weighted by atomic mass is 16.6. The summed E-state index contributed by atoms with van der Waals surface area (Å²) in [6, 6.07) is 6.73. The number of hydrogen-bond donors (Lipinski definition) is 9. The van der Waals surface area contributed by atoms with Crippen LogP contribution in [-0.4, -0.2) is 70.6 Å². The van der Waals surface area contributed by atoms with Gasteiger partial charge in [0.15, 0.2) is 6.23 Å². The number of carbonyl (C=O) groups excluding carboxylic acids is 5. The Bertz CT molecular complexity index is 1130. The van der Waals surface area contributed by atoms with Crippen molar-refractivity contribution >= 4 is 41.8 Å². The molecule has 1 heterocycles. The van der Waals surface area contributed by atoms with Crippen LogP contribution < -0.4 is 38.9 Å². The first-order valence-corrected chi connectivity index (χ1v) is 14.3. The first kappa shape index (κ1) is 43.1. The van der Waals surface area contributed by atoms with Gasteiger partial charge in [0.25, 0.3) is 11.8 Å². The molecule has 2 rings (SSSR count). The van der Waals surface area contributed by atoms with Gasteiger partial charge in [-0.3, -0.25) is 30.2 Å². The van der Waals surface area contributed by atoms with Gasteiger partial charge < -0.3 is 42.8 Å². The normalized spacial score (nSPS) is 13.1. The second-order valence-electron chi connectivity index (χ2n) is 9.92. The molecule has 46 heavy (non-hydrogen) atoms. The van der Waals surface area contributed by atoms with Crippen LogP contribution in [0.5, 0.6) is 0 Å². The molecule has 17 heteroatoms. The molecule has 1 aliphatic rings. The Morgan fingerprint density at radius 1 is 0.891 bits per heavy atom. The van der Waals surface area contributed by atoms with Gasteiger partial charge in [-0.1, -0.05) is 63.9 Å². The molecule has 13 N–H and O–H groups in total. The van der Waals surface area contributed by atoms with Crippen LogP contribution in [0.25, 0.3) is 0 Å². The van der Waals surface area contributed by atoms with Crippen LogP contribution in [0.3, 0.4) is 0 Å². The van der Waals surface area contributed by atoms with Crippen molar-refractivity contribution in [3.8, 4) is 0 Å². The molecule has 0 saturated heterocycles. The van der Waals surface area contributed by atoms with Crippen LogP contribution in [0.1, 0.15) is 71.1 Å². The monoisotopic (exact) mass is 653 g/mol. The molecule has 0 saturated carbocycles. The van der Waals surface area contributed by atoms with E-state index in [0.29, 0.717) is 25.8 Å². The van der Waals surface area contributed by atoms with Crippen LogP contribution in [0.15, 0.2) is 42.5 Å². The average Bonchev–Trinajstić information content (AvgIpc) is 3.36. The van der Waals surface area contributed by atoms with Gasteiger partial charge in [0.05, 0.1) is 0 Å². The van der Waals surface area contributed by atoms with Gasteiger partial charge in [-0.05, 0) is 25.2 Å². The largest absolute Gasteiger partial charge is 0.480 e. The molecule has 6 amide bonds. The van der Waals surface area contributed by atoms with E-state index in [1.807, 2.05) is 11.4 Å². The highest BCUT2D eigenvalue weighted by Crippen LogP contribution is 2.10. The van der Waals surface area contributed by atoms with Gasteiger partial charge in [0, 0.05) is 30.7 Å². The van der Waals surface area contributed by atoms with Crippen molar-refractivity contribution in [2.75, 3.05) is 6.54 Å². The number of benzene rings is 1. The van der Waals surface area contributed by atoms with E-state index < -0.39 is 42.4 Å². The first-order valence-electron chi connectivity index (χ1n) is 14.3. The molecule has 0 spiro atoms. The Morgan fingerprint density at radius 3 is 1.85 bits per heavy atom. The molecule has 0 radical (unpaired) electrons. The number of urea groups is 1. The fourth-order valence-corrected chi connectivity index (χ4v) is 3.14. The van der Waals surface area contributed by atoms with Crippen LogP contribution >= 0.6 is 0 Å². The zero-order valence-electron chi connectivity index (χ0n) is 26.3. The summed E-state index contributed by atoms with van der Waals surface area (Å²) in [7, 11) is 0. The summed E-state index contributed by atoms with van der Waals surface area (Å²) in [6.45, 7) is 5.98. The number of carboxylic acids is 2. The van der Waals surface area contributed by atoms with Gasteiger partial charge >= 0.3 is 24.1 Å². The van der Waals surface area contributed by atoms with E-state index in [2.05, 4.69) is 22.3 Å². The number of nitrogens with one attached hydrogen (secondary N) is 3. The first-order chi connectivity index (χ1) is 21.5. The third kappa shape index (κ3) is 24.4. The van der Waals surface area contributed by atoms with E-state index in [4.69, 9.17) is 33.1 Å². The molecule has 0 aliphatic carbocycles. The van der Waals surface area contributed by atoms with E-state index in [9.17, 15) is 33.6 Å². The van der Waals surface area contributed by atoms with E-state index in [1.165, 1.54) is 12.2 Å². The average molecular weight is 654 g/mol. The van der Waals surface area contributed by atoms with Crippen molar-refractivity contribution in [2.45, 2.75) is 77.6 Å². The van der Waals surface area contributed by atoms with E-state index in [0.717, 1.165) is 24.8 Å². The van der Waals surface area contributed by atoms with Gasteiger partial charge in [-0.25, -0.2) is 14.4 Å². The Kier molecular flexibility index (Phi) is 23.7. The number of nitrogens with two attached hydrogens (primary N) is 4. The maximum absolute atomic E-state index is 11.4. The molecule has 0 aromatic heterocycles. The number of ether oxygens (including phenoxy) is 1. The summed E-state index contributed by atoms with van der Waals surface area (Å²) in [4.78, 5) is 72.9. The summed E-state index contributed by atoms with van der Waals surface area (Å²) in [5.74, 6) is -2.90. The predicted octanol–water partition coefficient (Wildman–Crippen LogP) is 0.577. The number of imide groups is 1. The molecule has 258 valence electrons. The van der Waals surface area contributed by atoms with Crippen LogP contribution in [0, 0.1) is 5.92 Å². The standard InChI is InChI=1S/C11H21NO3.C8H10N2O2.C6H13N3O3.C4H3NO2/c1-4-5-6-7-9(13)12-10(8(2)3)11(14)15;9-7(12-8(10)11)6-4-2-1-3-5-6;7-4(5(10)11)2-1-3-9-6(8)12;6-3-1-2-4(7)5-3/h8,10H,4-7H2,1-3H3,(H,12,13)(H,14,15);1-5,7H,9H2,(H2,10,11);4H,1-3,7H2,(H,10,11)(H3,8,9,12);1-2H,(H,5,6,7). The SMILES string of the molecule is CCCCCC(=O)NC(C(=O)O)C(C)C.NC(=O)NCCCC(N)C(=O)O.NC(=O)OC(N)c1ccccc1.O=C1C=CC(=O)N1. The molecule has 0 bridgehead atoms. The smallest absolute Gasteiger partial charge is 0.406 e. The number of carboxylic acid groups (broad SMARTS) is 2. The second kappa shape index (κ2) is 25.3. The third-order valence-electron chi connectivity index (χ3n) is 5.57. The lowest BCUT2D eigenvalue weighted by Crippen LogP contribution is -2.44. The lowest BCUT2D eigenvalue weighted by atomic mass is 10.0. The number of aliphatic carboxylic acids is 2. The second-order valence-corrected chi connectivity index (χ2v) is 9.92. The number of rotatable bonds is 14. The predicted molar refractivity (Wildman–Crippen MR) is 167 cm³/mol. The Hall–Kier alpha value is -5.03. The third-order valence-corrected chi connectivity index (χ3v) is 5.57. The molecule has 1 aliphatic heterocycles. The minimum Gasteiger partial charge on any atom is -0.480 e. The zero-order chi connectivity index (χ0) is 35.7. The van der Waals surface area contributed by atoms with Crippen molar-refractivity contribution < 1.29 is 48.5 Å². The van der Waals surface area contributed by atoms with Gasteiger partial charge in [0.2, 0.25) is 5.91 Å². The summed E-state index contributed by atoms with van der Waals surface area (Å²) in [6.07, 6.45) is 4.90. The van der Waals surface area contributed by atoms with Gasteiger partial charge in [0.1, 0.15) is 12.1 Å². The summed E-state index contributed by atoms with van der Waals surface area (Å²) < 4.78 is 4.55. The van der Waals surface area contributed by atoms with Crippen molar-refractivity contribution in [1.29, 1.82) is 0 Å². The molecule has 1 aromatic carbocycles. The van der Waals surface area contributed by atoms with Crippen molar-refractivity contribution in [1.82, 2.24) is 16.0 Å². The topological polar surface area (TPSA) is 309 Å². The number of unbranched alkanes of at least 4 members (excludes halogenated alkanes) is 2. The number of carbonyl (C=O) groups is 7. The van der Waals surface area contributed by atoms with E-state index in [-0.39, 0.29) is 23.6 Å². The Labute approximate surface area is 267 Å². The van der Waals surface area contributed by atoms with Crippen molar-refractivity contribution in [3.05, 3.63) is 48.0 Å². The lowest BCUT2D eigenvalue weighted by molar-refractivity contribution is -0.143. The van der Waals surface area contributed by atoms with Gasteiger partial charge in [-0.15, -0.1) is 0 Å². The van der Waals surface area contributed by atoms with Crippen LogP contribution in [-0.2, 0) is 28.7 Å². The molecule has 3 unspecified atom stereocenters. The number of hydrogen-bond acceptors (Lipinski definition) is 10. The lowest BCUT2D eigenvalue weighted by Gasteiger charge is -2.17. The maximum atomic E-state index is 11.4. The van der Waals surface area contributed by atoms with Crippen molar-refractivity contribution in [2.24, 2.45) is 28.9 Å². The number of primary amides is 2. The van der Waals surface area contributed by atoms with Crippen molar-refractivity contribution in [3.63, 3.8) is 0 Å². The van der Waals surface area contributed by atoms with E-state index >= 15 is 0 Å². The Balaban J connectivity index is 0. The molecule has 0 fully saturated rings. The number of amides is 6. The van der Waals surface area contributed by atoms with E-state index in [1.54, 1.807) is 38.1 Å². The van der Waals surface area contributed by atoms with Gasteiger partial charge in [-0.2, -0.15) is 0 Å². The summed E-state index contributed by atoms with van der Waals surface area (Å²) in [5.41, 5.74) is 20.9. The maximum Gasteiger partial charge on any atom is 0.406 e. The molecule has 1 aromatic rings. The zero-order valence-corrected chi connectivity index (χ0v) is 26.3. The van der Waals surface area contributed by atoms with Crippen LogP contribution in [0.4, 0.5) is 9.59 Å². The minimum atomic E-state index is -1.03. The minimum absolute atomic E-state index is 0.0855. The molecule has 17 nitrogen and oxygen atoms in total. The van der Waals surface area contributed by atoms with Crippen LogP contribution in [0.2, 0.25) is 0 Å². The molecular weight excluding hydrogens is 606 g/mol. The molecule has 3 atom stereocenters. The Morgan fingerprint density at radius 2 is 1.46 bits per heavy atom. The quantitative estimate of drug-likeness (QED) is 0.0756. The summed E-state index contributed by atoms with van der Waals surface area (Å²) in [5, 5.41) is 24.1. The fraction of sp³-hybridized carbons (Fsp3) is 0.483. The highest BCUT2D eigenvalue weighted by molar-refractivity contribution is 6.12. The highest BCUT2D eigenvalue weighted by Gasteiger charge is 2.22. The summed E-state index contributed by atoms with van der Waals surface area (Å²) >= 11 is 0.